The summed E-state index contributed by atoms with van der Waals surface area (Å²) in [5.41, 5.74) is 5.45. The molecule has 1 aliphatic heterocycles. The molecule has 0 aromatic heterocycles. The number of carbonyl (C=O) groups is 1. The maximum Gasteiger partial charge on any atom is 0.206 e. The predicted molar refractivity (Wildman–Crippen MR) is 104 cm³/mol. The molecule has 2 N–H and O–H groups in total. The Morgan fingerprint density at radius 3 is 2.44 bits per heavy atom. The second-order valence-corrected chi connectivity index (χ2v) is 7.84. The number of anilines is 1. The van der Waals surface area contributed by atoms with Crippen LogP contribution in [0.1, 0.15) is 16.0 Å². The number of hydrazine groups is 1. The minimum Gasteiger partial charge on any atom is -0.364 e. The molecule has 4 unspecified atom stereocenters. The molecule has 1 heterocycles. The molecule has 25 heavy (non-hydrogen) atoms. The lowest BCUT2D eigenvalue weighted by molar-refractivity contribution is -0.133. The molecule has 0 radical (unpaired) electrons. The third-order valence-corrected chi connectivity index (χ3v) is 6.82. The molecule has 2 aromatic carbocycles. The third-order valence-electron chi connectivity index (χ3n) is 4.07. The standard InChI is InChI=1S/C18H18Br2N2O3/c1-11-7-9-13(10-8-11)22-16(18(24)25-21-22)17(23)15(20)14(19)12-5-3-2-4-6-12/h2-10,14-16,18,21,24H,1H3. The van der Waals surface area contributed by atoms with Crippen molar-refractivity contribution in [3.63, 3.8) is 0 Å². The number of benzene rings is 2. The van der Waals surface area contributed by atoms with Crippen molar-refractivity contribution in [2.75, 3.05) is 5.01 Å². The molecule has 0 amide bonds. The van der Waals surface area contributed by atoms with Gasteiger partial charge in [0.2, 0.25) is 6.29 Å². The van der Waals surface area contributed by atoms with E-state index >= 15 is 0 Å². The molecule has 5 nitrogen and oxygen atoms in total. The Balaban J connectivity index is 1.82. The van der Waals surface area contributed by atoms with Crippen LogP contribution in [0.4, 0.5) is 5.69 Å². The van der Waals surface area contributed by atoms with E-state index in [1.54, 1.807) is 5.01 Å². The first-order chi connectivity index (χ1) is 12.0. The SMILES string of the molecule is Cc1ccc(N2NOC(O)C2C(=O)C(Br)C(Br)c2ccccc2)cc1. The second-order valence-electron chi connectivity index (χ2n) is 5.87. The van der Waals surface area contributed by atoms with E-state index in [-0.39, 0.29) is 10.6 Å². The third kappa shape index (κ3) is 3.96. The van der Waals surface area contributed by atoms with Crippen LogP contribution in [0.15, 0.2) is 54.6 Å². The van der Waals surface area contributed by atoms with E-state index in [0.29, 0.717) is 0 Å². The summed E-state index contributed by atoms with van der Waals surface area (Å²) in [4.78, 5) is 17.4. The molecule has 3 rings (SSSR count). The largest absolute Gasteiger partial charge is 0.364 e. The van der Waals surface area contributed by atoms with Gasteiger partial charge in [-0.1, -0.05) is 79.9 Å². The van der Waals surface area contributed by atoms with Gasteiger partial charge in [-0.3, -0.25) is 9.80 Å². The minimum absolute atomic E-state index is 0.191. The summed E-state index contributed by atoms with van der Waals surface area (Å²) in [6.07, 6.45) is -1.26. The Hall–Kier alpha value is -1.25. The van der Waals surface area contributed by atoms with E-state index in [1.807, 2.05) is 61.5 Å². The number of nitrogens with one attached hydrogen (secondary N) is 1. The molecular formula is C18H18Br2N2O3. The quantitative estimate of drug-likeness (QED) is 0.657. The highest BCUT2D eigenvalue weighted by Gasteiger charge is 2.44. The van der Waals surface area contributed by atoms with Crippen molar-refractivity contribution in [2.24, 2.45) is 0 Å². The van der Waals surface area contributed by atoms with Gasteiger partial charge in [0.1, 0.15) is 0 Å². The van der Waals surface area contributed by atoms with Gasteiger partial charge in [-0.2, -0.15) is 0 Å². The zero-order valence-corrected chi connectivity index (χ0v) is 16.6. The number of alkyl halides is 2. The van der Waals surface area contributed by atoms with E-state index in [1.165, 1.54) is 0 Å². The molecule has 1 saturated heterocycles. The van der Waals surface area contributed by atoms with Gasteiger partial charge in [0.25, 0.3) is 0 Å². The second kappa shape index (κ2) is 7.97. The number of rotatable bonds is 5. The van der Waals surface area contributed by atoms with Gasteiger partial charge in [-0.05, 0) is 24.6 Å². The molecule has 0 spiro atoms. The van der Waals surface area contributed by atoms with Gasteiger partial charge in [-0.25, -0.2) is 4.84 Å². The summed E-state index contributed by atoms with van der Waals surface area (Å²) >= 11 is 7.05. The van der Waals surface area contributed by atoms with Crippen molar-refractivity contribution in [1.82, 2.24) is 5.59 Å². The lowest BCUT2D eigenvalue weighted by Gasteiger charge is -2.27. The Bertz CT molecular complexity index is 727. The van der Waals surface area contributed by atoms with E-state index < -0.39 is 17.2 Å². The van der Waals surface area contributed by atoms with E-state index in [2.05, 4.69) is 37.4 Å². The van der Waals surface area contributed by atoms with Crippen LogP contribution in [-0.2, 0) is 9.63 Å². The van der Waals surface area contributed by atoms with Crippen LogP contribution in [0.5, 0.6) is 0 Å². The van der Waals surface area contributed by atoms with Gasteiger partial charge in [-0.15, -0.1) is 5.59 Å². The lowest BCUT2D eigenvalue weighted by Crippen LogP contribution is -2.48. The molecule has 132 valence electrons. The molecule has 2 aromatic rings. The molecule has 4 atom stereocenters. The lowest BCUT2D eigenvalue weighted by atomic mass is 10.0. The predicted octanol–water partition coefficient (Wildman–Crippen LogP) is 3.41. The Kier molecular flexibility index (Phi) is 5.91. The smallest absolute Gasteiger partial charge is 0.206 e. The highest BCUT2D eigenvalue weighted by molar-refractivity contribution is 9.12. The number of halogens is 2. The average Bonchev–Trinajstić information content (AvgIpc) is 3.02. The fourth-order valence-corrected chi connectivity index (χ4v) is 3.80. The summed E-state index contributed by atoms with van der Waals surface area (Å²) in [5.74, 6) is -0.191. The van der Waals surface area contributed by atoms with Gasteiger partial charge in [0, 0.05) is 0 Å². The average molecular weight is 470 g/mol. The maximum atomic E-state index is 13.0. The summed E-state index contributed by atoms with van der Waals surface area (Å²) < 4.78 is 0. The summed E-state index contributed by atoms with van der Waals surface area (Å²) in [7, 11) is 0. The van der Waals surface area contributed by atoms with Crippen molar-refractivity contribution < 1.29 is 14.7 Å². The first-order valence-corrected chi connectivity index (χ1v) is 9.64. The van der Waals surface area contributed by atoms with Crippen LogP contribution >= 0.6 is 31.9 Å². The van der Waals surface area contributed by atoms with Gasteiger partial charge >= 0.3 is 0 Å². The number of hydrogen-bond acceptors (Lipinski definition) is 5. The number of aryl methyl sites for hydroxylation is 1. The Morgan fingerprint density at radius 1 is 1.16 bits per heavy atom. The minimum atomic E-state index is -1.26. The highest BCUT2D eigenvalue weighted by Crippen LogP contribution is 2.34. The summed E-state index contributed by atoms with van der Waals surface area (Å²) in [6.45, 7) is 1.99. The number of aliphatic hydroxyl groups excluding tert-OH is 1. The van der Waals surface area contributed by atoms with Crippen LogP contribution in [0.2, 0.25) is 0 Å². The van der Waals surface area contributed by atoms with Crippen LogP contribution < -0.4 is 10.6 Å². The zero-order valence-electron chi connectivity index (χ0n) is 13.5. The van der Waals surface area contributed by atoms with Crippen molar-refractivity contribution in [1.29, 1.82) is 0 Å². The molecule has 0 saturated carbocycles. The Labute approximate surface area is 163 Å². The number of ketones is 1. The molecule has 7 heteroatoms. The molecule has 0 bridgehead atoms. The molecule has 0 aliphatic carbocycles. The number of aliphatic hydroxyl groups is 1. The van der Waals surface area contributed by atoms with Crippen LogP contribution in [-0.4, -0.2) is 28.0 Å². The summed E-state index contributed by atoms with van der Waals surface area (Å²) in [5, 5.41) is 11.7. The van der Waals surface area contributed by atoms with Gasteiger partial charge in [0.05, 0.1) is 15.3 Å². The van der Waals surface area contributed by atoms with Crippen molar-refractivity contribution >= 4 is 43.3 Å². The Morgan fingerprint density at radius 2 is 1.80 bits per heavy atom. The number of nitrogens with zero attached hydrogens (tertiary/aromatic N) is 1. The topological polar surface area (TPSA) is 61.8 Å². The molecular weight excluding hydrogens is 452 g/mol. The fraction of sp³-hybridized carbons (Fsp3) is 0.278. The van der Waals surface area contributed by atoms with Gasteiger partial charge < -0.3 is 5.11 Å². The van der Waals surface area contributed by atoms with Crippen LogP contribution in [0.3, 0.4) is 0 Å². The fourth-order valence-electron chi connectivity index (χ4n) is 2.66. The maximum absolute atomic E-state index is 13.0. The van der Waals surface area contributed by atoms with Gasteiger partial charge in [0.15, 0.2) is 11.8 Å². The monoisotopic (exact) mass is 468 g/mol. The van der Waals surface area contributed by atoms with Crippen molar-refractivity contribution in [3.05, 3.63) is 65.7 Å². The normalized spacial score (nSPS) is 22.6. The summed E-state index contributed by atoms with van der Waals surface area (Å²) in [6, 6.07) is 16.4. The first kappa shape index (κ1) is 18.5. The van der Waals surface area contributed by atoms with Crippen LogP contribution in [0.25, 0.3) is 0 Å². The van der Waals surface area contributed by atoms with Crippen molar-refractivity contribution in [2.45, 2.75) is 28.9 Å². The number of Topliss-reactive ketones (excluding diaryl/α,β-unsaturated/α-hetero) is 1. The molecule has 1 aliphatic rings. The van der Waals surface area contributed by atoms with Crippen molar-refractivity contribution in [3.8, 4) is 0 Å². The van der Waals surface area contributed by atoms with E-state index in [4.69, 9.17) is 4.84 Å². The van der Waals surface area contributed by atoms with Crippen LogP contribution in [0, 0.1) is 6.92 Å². The first-order valence-electron chi connectivity index (χ1n) is 7.81. The van der Waals surface area contributed by atoms with E-state index in [0.717, 1.165) is 16.8 Å². The molecule has 1 fully saturated rings. The highest BCUT2D eigenvalue weighted by atomic mass is 79.9. The number of carbonyl (C=O) groups excluding carboxylic acids is 1. The number of hydrogen-bond donors (Lipinski definition) is 2. The van der Waals surface area contributed by atoms with E-state index in [9.17, 15) is 9.90 Å². The zero-order chi connectivity index (χ0) is 18.0.